The number of carbonyl (C=O) groups excluding carboxylic acids is 1. The first-order valence-corrected chi connectivity index (χ1v) is 7.25. The molecule has 0 atom stereocenters. The van der Waals surface area contributed by atoms with E-state index in [1.165, 1.54) is 6.92 Å². The minimum Gasteiger partial charge on any atom is -0.345 e. The summed E-state index contributed by atoms with van der Waals surface area (Å²) in [7, 11) is 0. The van der Waals surface area contributed by atoms with Crippen molar-refractivity contribution < 1.29 is 4.79 Å². The van der Waals surface area contributed by atoms with E-state index >= 15 is 0 Å². The average Bonchev–Trinajstić information content (AvgIpc) is 2.50. The molecule has 0 fully saturated rings. The Morgan fingerprint density at radius 2 is 1.64 bits per heavy atom. The highest BCUT2D eigenvalue weighted by atomic mass is 32.1. The van der Waals surface area contributed by atoms with Crippen LogP contribution in [0.25, 0.3) is 0 Å². The van der Waals surface area contributed by atoms with Gasteiger partial charge in [0.25, 0.3) is 0 Å². The van der Waals surface area contributed by atoms with Crippen molar-refractivity contribution in [1.82, 2.24) is 0 Å². The van der Waals surface area contributed by atoms with Crippen molar-refractivity contribution in [3.8, 4) is 0 Å². The molecular weight excluding hydrogens is 294 g/mol. The fourth-order valence-electron chi connectivity index (χ4n) is 1.75. The molecule has 0 radical (unpaired) electrons. The molecule has 22 heavy (non-hydrogen) atoms. The molecular formula is C17H17N3OS. The van der Waals surface area contributed by atoms with E-state index in [-0.39, 0.29) is 11.5 Å². The van der Waals surface area contributed by atoms with Crippen LogP contribution in [0.1, 0.15) is 12.5 Å². The molecule has 0 amide bonds. The number of hydrazone groups is 1. The molecule has 5 heteroatoms. The first-order valence-electron chi connectivity index (χ1n) is 6.84. The maximum absolute atomic E-state index is 11.8. The monoisotopic (exact) mass is 311 g/mol. The van der Waals surface area contributed by atoms with Crippen LogP contribution in [0.15, 0.2) is 59.7 Å². The topological polar surface area (TPSA) is 53.5 Å². The number of carbonyl (C=O) groups is 1. The van der Waals surface area contributed by atoms with Crippen LogP contribution in [-0.4, -0.2) is 16.5 Å². The SMILES string of the molecule is CC(=O)C(=NNc1ccc(C)cc1)C(=S)Nc1ccccc1. The molecule has 0 saturated carbocycles. The van der Waals surface area contributed by atoms with Crippen molar-refractivity contribution >= 4 is 40.1 Å². The lowest BCUT2D eigenvalue weighted by atomic mass is 10.2. The van der Waals surface area contributed by atoms with E-state index < -0.39 is 0 Å². The summed E-state index contributed by atoms with van der Waals surface area (Å²) < 4.78 is 0. The van der Waals surface area contributed by atoms with Crippen LogP contribution in [0, 0.1) is 6.92 Å². The van der Waals surface area contributed by atoms with Gasteiger partial charge in [0.15, 0.2) is 11.5 Å². The van der Waals surface area contributed by atoms with Gasteiger partial charge in [-0.1, -0.05) is 48.1 Å². The van der Waals surface area contributed by atoms with E-state index in [9.17, 15) is 4.79 Å². The molecule has 2 rings (SSSR count). The third-order valence-corrected chi connectivity index (χ3v) is 3.22. The Kier molecular flexibility index (Phi) is 5.38. The van der Waals surface area contributed by atoms with E-state index in [1.807, 2.05) is 61.5 Å². The van der Waals surface area contributed by atoms with Gasteiger partial charge in [-0.2, -0.15) is 5.10 Å². The van der Waals surface area contributed by atoms with Gasteiger partial charge in [-0.05, 0) is 31.2 Å². The number of rotatable bonds is 5. The summed E-state index contributed by atoms with van der Waals surface area (Å²) >= 11 is 5.27. The summed E-state index contributed by atoms with van der Waals surface area (Å²) in [6.45, 7) is 3.45. The van der Waals surface area contributed by atoms with Gasteiger partial charge < -0.3 is 5.32 Å². The van der Waals surface area contributed by atoms with Crippen LogP contribution in [0.2, 0.25) is 0 Å². The second-order valence-electron chi connectivity index (χ2n) is 4.81. The second-order valence-corrected chi connectivity index (χ2v) is 5.22. The minimum atomic E-state index is -0.201. The molecule has 4 nitrogen and oxygen atoms in total. The molecule has 2 aromatic rings. The van der Waals surface area contributed by atoms with Crippen molar-refractivity contribution in [3.63, 3.8) is 0 Å². The second kappa shape index (κ2) is 7.47. The van der Waals surface area contributed by atoms with Gasteiger partial charge in [0.1, 0.15) is 4.99 Å². The molecule has 2 N–H and O–H groups in total. The lowest BCUT2D eigenvalue weighted by molar-refractivity contribution is -0.110. The first kappa shape index (κ1) is 15.9. The summed E-state index contributed by atoms with van der Waals surface area (Å²) in [5.74, 6) is -0.201. The van der Waals surface area contributed by atoms with Crippen LogP contribution < -0.4 is 10.7 Å². The van der Waals surface area contributed by atoms with Gasteiger partial charge in [0.2, 0.25) is 0 Å². The smallest absolute Gasteiger partial charge is 0.182 e. The highest BCUT2D eigenvalue weighted by Gasteiger charge is 2.13. The lowest BCUT2D eigenvalue weighted by Gasteiger charge is -2.09. The lowest BCUT2D eigenvalue weighted by Crippen LogP contribution is -2.27. The third kappa shape index (κ3) is 4.49. The standard InChI is InChI=1S/C17H17N3OS/c1-12-8-10-15(11-9-12)19-20-16(13(2)21)17(22)18-14-6-4-3-5-7-14/h3-11,19H,1-2H3,(H,18,22). The van der Waals surface area contributed by atoms with E-state index in [0.29, 0.717) is 4.99 Å². The fraction of sp³-hybridized carbons (Fsp3) is 0.118. The first-order chi connectivity index (χ1) is 10.6. The van der Waals surface area contributed by atoms with Crippen LogP contribution in [-0.2, 0) is 4.79 Å². The number of nitrogens with zero attached hydrogens (tertiary/aromatic N) is 1. The van der Waals surface area contributed by atoms with E-state index in [0.717, 1.165) is 16.9 Å². The molecule has 0 unspecified atom stereocenters. The van der Waals surface area contributed by atoms with E-state index in [1.54, 1.807) is 0 Å². The third-order valence-electron chi connectivity index (χ3n) is 2.93. The van der Waals surface area contributed by atoms with Crippen LogP contribution in [0.5, 0.6) is 0 Å². The summed E-state index contributed by atoms with van der Waals surface area (Å²) in [6, 6.07) is 17.1. The van der Waals surface area contributed by atoms with E-state index in [4.69, 9.17) is 12.2 Å². The van der Waals surface area contributed by atoms with Crippen molar-refractivity contribution in [1.29, 1.82) is 0 Å². The maximum atomic E-state index is 11.8. The van der Waals surface area contributed by atoms with Crippen molar-refractivity contribution in [2.45, 2.75) is 13.8 Å². The van der Waals surface area contributed by atoms with Gasteiger partial charge in [-0.25, -0.2) is 0 Å². The number of thiocarbonyl (C=S) groups is 1. The Bertz CT molecular complexity index is 694. The number of benzene rings is 2. The van der Waals surface area contributed by atoms with Crippen molar-refractivity contribution in [3.05, 3.63) is 60.2 Å². The van der Waals surface area contributed by atoms with Gasteiger partial charge in [0, 0.05) is 12.6 Å². The molecule has 112 valence electrons. The highest BCUT2D eigenvalue weighted by molar-refractivity contribution is 7.82. The van der Waals surface area contributed by atoms with Gasteiger partial charge in [-0.3, -0.25) is 10.2 Å². The van der Waals surface area contributed by atoms with Crippen LogP contribution >= 0.6 is 12.2 Å². The molecule has 0 aliphatic rings. The maximum Gasteiger partial charge on any atom is 0.182 e. The van der Waals surface area contributed by atoms with Gasteiger partial charge in [-0.15, -0.1) is 0 Å². The van der Waals surface area contributed by atoms with Gasteiger partial charge in [0.05, 0.1) is 5.69 Å². The predicted molar refractivity (Wildman–Crippen MR) is 95.6 cm³/mol. The summed E-state index contributed by atoms with van der Waals surface area (Å²) in [4.78, 5) is 12.0. The predicted octanol–water partition coefficient (Wildman–Crippen LogP) is 3.79. The zero-order valence-corrected chi connectivity index (χ0v) is 13.3. The Balaban J connectivity index is 2.11. The number of nitrogens with one attached hydrogen (secondary N) is 2. The minimum absolute atomic E-state index is 0.194. The summed E-state index contributed by atoms with van der Waals surface area (Å²) in [6.07, 6.45) is 0. The number of anilines is 2. The Labute approximate surface area is 135 Å². The fourth-order valence-corrected chi connectivity index (χ4v) is 2.06. The molecule has 0 saturated heterocycles. The van der Waals surface area contributed by atoms with Crippen LogP contribution in [0.4, 0.5) is 11.4 Å². The molecule has 0 aliphatic carbocycles. The van der Waals surface area contributed by atoms with Gasteiger partial charge >= 0.3 is 0 Å². The molecule has 0 spiro atoms. The number of para-hydroxylation sites is 1. The number of ketones is 1. The Morgan fingerprint density at radius 3 is 2.23 bits per heavy atom. The molecule has 0 heterocycles. The largest absolute Gasteiger partial charge is 0.345 e. The van der Waals surface area contributed by atoms with Crippen molar-refractivity contribution in [2.75, 3.05) is 10.7 Å². The number of hydrogen-bond acceptors (Lipinski definition) is 4. The number of Topliss-reactive ketones (excluding diaryl/α,β-unsaturated/α-hetero) is 1. The average molecular weight is 311 g/mol. The Morgan fingerprint density at radius 1 is 1.00 bits per heavy atom. The zero-order valence-electron chi connectivity index (χ0n) is 12.5. The normalized spacial score (nSPS) is 10.9. The molecule has 2 aromatic carbocycles. The Hall–Kier alpha value is -2.53. The van der Waals surface area contributed by atoms with Crippen molar-refractivity contribution in [2.24, 2.45) is 5.10 Å². The van der Waals surface area contributed by atoms with Crippen LogP contribution in [0.3, 0.4) is 0 Å². The van der Waals surface area contributed by atoms with E-state index in [2.05, 4.69) is 15.8 Å². The number of hydrogen-bond donors (Lipinski definition) is 2. The highest BCUT2D eigenvalue weighted by Crippen LogP contribution is 2.09. The molecule has 0 bridgehead atoms. The molecule has 0 aromatic heterocycles. The summed E-state index contributed by atoms with van der Waals surface area (Å²) in [5, 5.41) is 7.14. The summed E-state index contributed by atoms with van der Waals surface area (Å²) in [5.41, 5.74) is 5.82. The molecule has 0 aliphatic heterocycles. The number of aryl methyl sites for hydroxylation is 1. The quantitative estimate of drug-likeness (QED) is 0.501. The zero-order chi connectivity index (χ0) is 15.9.